The van der Waals surface area contributed by atoms with Gasteiger partial charge in [0.2, 0.25) is 5.91 Å². The summed E-state index contributed by atoms with van der Waals surface area (Å²) < 4.78 is 47.1. The Bertz CT molecular complexity index is 2050. The molecule has 0 fully saturated rings. The Morgan fingerprint density at radius 1 is 1.12 bits per heavy atom. The molecule has 1 atom stereocenters. The second-order valence-corrected chi connectivity index (χ2v) is 11.7. The lowest BCUT2D eigenvalue weighted by Gasteiger charge is -2.23. The first-order chi connectivity index (χ1) is 19.9. The van der Waals surface area contributed by atoms with Gasteiger partial charge in [0.15, 0.2) is 5.82 Å². The van der Waals surface area contributed by atoms with E-state index in [0.717, 1.165) is 0 Å². The van der Waals surface area contributed by atoms with Crippen molar-refractivity contribution in [2.24, 2.45) is 0 Å². The molecule has 4 N–H and O–H groups in total. The third-order valence-electron chi connectivity index (χ3n) is 7.25. The van der Waals surface area contributed by atoms with Gasteiger partial charge in [-0.2, -0.15) is 13.5 Å². The highest BCUT2D eigenvalue weighted by Gasteiger charge is 2.47. The van der Waals surface area contributed by atoms with Crippen LogP contribution in [0, 0.1) is 5.82 Å². The number of nitrogens with zero attached hydrogens (tertiary/aromatic N) is 4. The fourth-order valence-electron chi connectivity index (χ4n) is 5.10. The Morgan fingerprint density at radius 2 is 1.86 bits per heavy atom. The summed E-state index contributed by atoms with van der Waals surface area (Å²) in [6, 6.07) is 18.1. The topological polar surface area (TPSA) is 153 Å². The lowest BCUT2D eigenvalue weighted by atomic mass is 9.77. The SMILES string of the molecule is CC1(c2ccc(C=CS(=O)(=O)O)cc2)C(=O)Nc2nc(-c3nn(Cc4ccccc4F)c4cc(Cl)ccc34)nc(N)c21. The number of halogens is 2. The van der Waals surface area contributed by atoms with Crippen LogP contribution < -0.4 is 11.1 Å². The fraction of sp³-hybridized carbons (Fsp3) is 0.103. The maximum absolute atomic E-state index is 14.5. The first-order valence-corrected chi connectivity index (χ1v) is 14.5. The highest BCUT2D eigenvalue weighted by atomic mass is 35.5. The Hall–Kier alpha value is -4.65. The number of rotatable bonds is 6. The van der Waals surface area contributed by atoms with E-state index in [1.165, 1.54) is 12.1 Å². The molecule has 0 saturated heterocycles. The predicted molar refractivity (Wildman–Crippen MR) is 158 cm³/mol. The number of nitrogens with one attached hydrogen (secondary N) is 1. The van der Waals surface area contributed by atoms with E-state index in [1.807, 2.05) is 0 Å². The number of fused-ring (bicyclic) bond motifs is 2. The maximum atomic E-state index is 14.5. The van der Waals surface area contributed by atoms with Gasteiger partial charge in [0.1, 0.15) is 28.6 Å². The van der Waals surface area contributed by atoms with E-state index in [0.29, 0.717) is 49.3 Å². The number of nitrogens with two attached hydrogens (primary N) is 1. The maximum Gasteiger partial charge on any atom is 0.287 e. The van der Waals surface area contributed by atoms with E-state index in [-0.39, 0.29) is 35.7 Å². The molecule has 13 heteroatoms. The van der Waals surface area contributed by atoms with Crippen LogP contribution in [0.3, 0.4) is 0 Å². The molecule has 5 aromatic rings. The highest BCUT2D eigenvalue weighted by molar-refractivity contribution is 7.88. The number of carbonyl (C=O) groups excluding carboxylic acids is 1. The molecule has 0 saturated carbocycles. The number of carbonyl (C=O) groups is 1. The van der Waals surface area contributed by atoms with Gasteiger partial charge in [0.25, 0.3) is 10.1 Å². The predicted octanol–water partition coefficient (Wildman–Crippen LogP) is 5.03. The number of nitrogen functional groups attached to an aromatic ring is 1. The van der Waals surface area contributed by atoms with Crippen LogP contribution in [0.25, 0.3) is 28.5 Å². The van der Waals surface area contributed by atoms with E-state index in [2.05, 4.69) is 15.3 Å². The van der Waals surface area contributed by atoms with E-state index < -0.39 is 15.5 Å². The van der Waals surface area contributed by atoms with Gasteiger partial charge >= 0.3 is 0 Å². The van der Waals surface area contributed by atoms with Crippen molar-refractivity contribution in [2.45, 2.75) is 18.9 Å². The van der Waals surface area contributed by atoms with Gasteiger partial charge in [0.05, 0.1) is 23.0 Å². The number of benzene rings is 3. The van der Waals surface area contributed by atoms with Gasteiger partial charge < -0.3 is 11.1 Å². The Kier molecular flexibility index (Phi) is 6.56. The molecule has 3 heterocycles. The number of hydrogen-bond acceptors (Lipinski definition) is 7. The molecule has 0 bridgehead atoms. The Balaban J connectivity index is 1.42. The van der Waals surface area contributed by atoms with Crippen LogP contribution in [0.1, 0.15) is 29.2 Å². The molecule has 1 amide bonds. The zero-order chi connectivity index (χ0) is 29.8. The van der Waals surface area contributed by atoms with Crippen LogP contribution in [0.2, 0.25) is 5.02 Å². The van der Waals surface area contributed by atoms with Gasteiger partial charge in [-0.1, -0.05) is 54.1 Å². The molecule has 212 valence electrons. The van der Waals surface area contributed by atoms with Crippen LogP contribution in [0.4, 0.5) is 16.0 Å². The third-order valence-corrected chi connectivity index (χ3v) is 7.96. The molecule has 10 nitrogen and oxygen atoms in total. The number of aromatic nitrogens is 4. The van der Waals surface area contributed by atoms with E-state index >= 15 is 0 Å². The molecular formula is C29H22ClFN6O4S. The second-order valence-electron chi connectivity index (χ2n) is 9.93. The lowest BCUT2D eigenvalue weighted by molar-refractivity contribution is -0.119. The normalized spacial score (nSPS) is 16.7. The third kappa shape index (κ3) is 4.79. The molecule has 1 aliphatic rings. The molecular weight excluding hydrogens is 583 g/mol. The average molecular weight is 605 g/mol. The summed E-state index contributed by atoms with van der Waals surface area (Å²) in [6.45, 7) is 1.82. The second kappa shape index (κ2) is 10.0. The minimum atomic E-state index is -4.28. The van der Waals surface area contributed by atoms with Crippen LogP contribution >= 0.6 is 11.6 Å². The smallest absolute Gasteiger partial charge is 0.287 e. The summed E-state index contributed by atoms with van der Waals surface area (Å²) in [6.07, 6.45) is 1.23. The van der Waals surface area contributed by atoms with E-state index in [1.54, 1.807) is 72.3 Å². The minimum absolute atomic E-state index is 0.0666. The molecule has 0 aliphatic carbocycles. The monoisotopic (exact) mass is 604 g/mol. The quantitative estimate of drug-likeness (QED) is 0.228. The zero-order valence-corrected chi connectivity index (χ0v) is 23.5. The molecule has 6 rings (SSSR count). The van der Waals surface area contributed by atoms with Crippen LogP contribution in [-0.2, 0) is 26.9 Å². The standard InChI is InChI=1S/C29H22ClFN6O4S/c1-29(18-8-6-16(7-9-18)12-13-42(39,40)41)23-25(32)33-27(34-26(23)35-28(29)38)24-20-11-10-19(30)14-22(20)37(36-24)15-17-4-2-3-5-21(17)31/h2-14H,15H2,1H3,(H,39,40,41)(H3,32,33,34,35,38). The molecule has 1 unspecified atom stereocenters. The van der Waals surface area contributed by atoms with Crippen molar-refractivity contribution in [3.63, 3.8) is 0 Å². The van der Waals surface area contributed by atoms with Crippen LogP contribution in [0.15, 0.2) is 72.1 Å². The summed E-state index contributed by atoms with van der Waals surface area (Å²) in [4.78, 5) is 22.5. The van der Waals surface area contributed by atoms with Gasteiger partial charge in [-0.25, -0.2) is 14.4 Å². The van der Waals surface area contributed by atoms with Gasteiger partial charge in [0, 0.05) is 16.0 Å². The first-order valence-electron chi connectivity index (χ1n) is 12.6. The zero-order valence-electron chi connectivity index (χ0n) is 21.9. The minimum Gasteiger partial charge on any atom is -0.383 e. The molecule has 42 heavy (non-hydrogen) atoms. The summed E-state index contributed by atoms with van der Waals surface area (Å²) in [5, 5.41) is 9.31. The number of anilines is 2. The lowest BCUT2D eigenvalue weighted by Crippen LogP contribution is -2.32. The average Bonchev–Trinajstić information content (AvgIpc) is 3.42. The van der Waals surface area contributed by atoms with Gasteiger partial charge in [-0.15, -0.1) is 0 Å². The summed E-state index contributed by atoms with van der Waals surface area (Å²) >= 11 is 6.28. The Labute approximate surface area is 244 Å². The van der Waals surface area contributed by atoms with Crippen molar-refractivity contribution in [2.75, 3.05) is 11.1 Å². The Morgan fingerprint density at radius 3 is 2.57 bits per heavy atom. The summed E-state index contributed by atoms with van der Waals surface area (Å²) in [5.74, 6) is -0.282. The van der Waals surface area contributed by atoms with Crippen molar-refractivity contribution in [3.05, 3.63) is 105 Å². The van der Waals surface area contributed by atoms with Crippen LogP contribution in [0.5, 0.6) is 0 Å². The molecule has 3 aromatic carbocycles. The molecule has 0 spiro atoms. The summed E-state index contributed by atoms with van der Waals surface area (Å²) in [7, 11) is -4.28. The van der Waals surface area contributed by atoms with Crippen molar-refractivity contribution in [3.8, 4) is 11.5 Å². The highest BCUT2D eigenvalue weighted by Crippen LogP contribution is 2.45. The first kappa shape index (κ1) is 27.5. The number of hydrogen-bond donors (Lipinski definition) is 3. The largest absolute Gasteiger partial charge is 0.383 e. The van der Waals surface area contributed by atoms with Gasteiger partial charge in [-0.05, 0) is 48.4 Å². The van der Waals surface area contributed by atoms with Crippen molar-refractivity contribution < 1.29 is 22.2 Å². The van der Waals surface area contributed by atoms with Crippen LogP contribution in [-0.4, -0.2) is 38.6 Å². The fourth-order valence-corrected chi connectivity index (χ4v) is 5.60. The van der Waals surface area contributed by atoms with Crippen molar-refractivity contribution in [1.29, 1.82) is 0 Å². The van der Waals surface area contributed by atoms with E-state index in [4.69, 9.17) is 27.0 Å². The molecule has 1 aliphatic heterocycles. The van der Waals surface area contributed by atoms with Crippen molar-refractivity contribution in [1.82, 2.24) is 19.7 Å². The summed E-state index contributed by atoms with van der Waals surface area (Å²) in [5.41, 5.74) is 8.13. The molecule has 0 radical (unpaired) electrons. The molecule has 2 aromatic heterocycles. The van der Waals surface area contributed by atoms with Crippen molar-refractivity contribution >= 4 is 56.2 Å². The number of amides is 1. The van der Waals surface area contributed by atoms with Gasteiger partial charge in [-0.3, -0.25) is 14.0 Å². The van der Waals surface area contributed by atoms with E-state index in [9.17, 15) is 17.6 Å².